The molecule has 2 aliphatic carbocycles. The highest BCUT2D eigenvalue weighted by molar-refractivity contribution is 5.79. The van der Waals surface area contributed by atoms with Crippen LogP contribution in [0.3, 0.4) is 0 Å². The Kier molecular flexibility index (Phi) is 7.50. The molecule has 2 unspecified atom stereocenters. The summed E-state index contributed by atoms with van der Waals surface area (Å²) in [5.41, 5.74) is 4.68. The van der Waals surface area contributed by atoms with Crippen LogP contribution in [-0.4, -0.2) is 42.8 Å². The van der Waals surface area contributed by atoms with Gasteiger partial charge in [-0.25, -0.2) is 4.79 Å². The first-order chi connectivity index (χ1) is 16.4. The van der Waals surface area contributed by atoms with Gasteiger partial charge in [0.1, 0.15) is 6.61 Å². The predicted molar refractivity (Wildman–Crippen MR) is 128 cm³/mol. The van der Waals surface area contributed by atoms with Gasteiger partial charge in [0.15, 0.2) is 0 Å². The van der Waals surface area contributed by atoms with Crippen molar-refractivity contribution in [2.24, 2.45) is 17.8 Å². The molecular formula is C27H32N2O5. The van der Waals surface area contributed by atoms with Gasteiger partial charge < -0.3 is 20.5 Å². The molecule has 0 bridgehead atoms. The number of ether oxygens (including phenoxy) is 1. The second kappa shape index (κ2) is 10.7. The van der Waals surface area contributed by atoms with Crippen LogP contribution in [0.1, 0.15) is 49.7 Å². The van der Waals surface area contributed by atoms with Crippen LogP contribution in [0, 0.1) is 17.8 Å². The first kappa shape index (κ1) is 23.8. The second-order valence-electron chi connectivity index (χ2n) is 9.38. The van der Waals surface area contributed by atoms with Crippen molar-refractivity contribution in [3.8, 4) is 11.1 Å². The molecule has 7 heteroatoms. The normalized spacial score (nSPS) is 16.1. The van der Waals surface area contributed by atoms with Gasteiger partial charge in [0.25, 0.3) is 0 Å². The van der Waals surface area contributed by atoms with E-state index in [0.717, 1.165) is 24.0 Å². The number of hydrogen-bond acceptors (Lipinski definition) is 4. The lowest BCUT2D eigenvalue weighted by Crippen LogP contribution is -2.36. The van der Waals surface area contributed by atoms with Gasteiger partial charge >= 0.3 is 12.1 Å². The van der Waals surface area contributed by atoms with Crippen LogP contribution >= 0.6 is 0 Å². The van der Waals surface area contributed by atoms with Gasteiger partial charge in [0.2, 0.25) is 5.91 Å². The fraction of sp³-hybridized carbons (Fsp3) is 0.444. The van der Waals surface area contributed by atoms with Gasteiger partial charge in [-0.15, -0.1) is 0 Å². The Hall–Kier alpha value is -3.35. The van der Waals surface area contributed by atoms with E-state index in [-0.39, 0.29) is 36.7 Å². The molecule has 2 aliphatic rings. The maximum atomic E-state index is 12.4. The monoisotopic (exact) mass is 464 g/mol. The Morgan fingerprint density at radius 2 is 1.62 bits per heavy atom. The summed E-state index contributed by atoms with van der Waals surface area (Å²) < 4.78 is 5.52. The fourth-order valence-electron chi connectivity index (χ4n) is 4.77. The molecule has 3 N–H and O–H groups in total. The molecule has 0 aromatic heterocycles. The number of amides is 2. The van der Waals surface area contributed by atoms with Crippen molar-refractivity contribution >= 4 is 18.0 Å². The Morgan fingerprint density at radius 3 is 2.21 bits per heavy atom. The molecule has 34 heavy (non-hydrogen) atoms. The third-order valence-corrected chi connectivity index (χ3v) is 6.90. The molecule has 0 spiro atoms. The van der Waals surface area contributed by atoms with E-state index in [1.165, 1.54) is 11.1 Å². The van der Waals surface area contributed by atoms with Crippen LogP contribution in [0.15, 0.2) is 48.5 Å². The first-order valence-electron chi connectivity index (χ1n) is 12.0. The molecule has 2 aromatic rings. The number of carboxylic acids is 1. The molecule has 2 atom stereocenters. The van der Waals surface area contributed by atoms with Gasteiger partial charge in [-0.3, -0.25) is 9.59 Å². The average Bonchev–Trinajstić information content (AvgIpc) is 3.63. The molecule has 180 valence electrons. The maximum absolute atomic E-state index is 12.4. The quantitative estimate of drug-likeness (QED) is 0.463. The second-order valence-corrected chi connectivity index (χ2v) is 9.38. The molecule has 7 nitrogen and oxygen atoms in total. The van der Waals surface area contributed by atoms with Gasteiger partial charge in [-0.1, -0.05) is 55.5 Å². The summed E-state index contributed by atoms with van der Waals surface area (Å²) in [6.45, 7) is 2.77. The molecular weight excluding hydrogens is 432 g/mol. The Balaban J connectivity index is 1.19. The van der Waals surface area contributed by atoms with Crippen molar-refractivity contribution in [1.29, 1.82) is 0 Å². The van der Waals surface area contributed by atoms with Crippen molar-refractivity contribution < 1.29 is 24.2 Å². The van der Waals surface area contributed by atoms with E-state index in [1.807, 2.05) is 24.3 Å². The Bertz CT molecular complexity index is 1000. The third kappa shape index (κ3) is 5.76. The lowest BCUT2D eigenvalue weighted by atomic mass is 9.98. The Labute approximate surface area is 199 Å². The molecule has 0 saturated heterocycles. The summed E-state index contributed by atoms with van der Waals surface area (Å²) >= 11 is 0. The maximum Gasteiger partial charge on any atom is 0.407 e. The van der Waals surface area contributed by atoms with Crippen LogP contribution in [-0.2, 0) is 14.3 Å². The smallest absolute Gasteiger partial charge is 0.407 e. The topological polar surface area (TPSA) is 105 Å². The number of fused-ring (bicyclic) bond motifs is 3. The lowest BCUT2D eigenvalue weighted by molar-refractivity contribution is -0.138. The number of carbonyl (C=O) groups excluding carboxylic acids is 2. The number of alkyl carbamates (subject to hydrolysis) is 1. The van der Waals surface area contributed by atoms with Crippen molar-refractivity contribution in [2.75, 3.05) is 19.7 Å². The number of carbonyl (C=O) groups is 3. The highest BCUT2D eigenvalue weighted by Crippen LogP contribution is 2.44. The van der Waals surface area contributed by atoms with Crippen LogP contribution in [0.25, 0.3) is 11.1 Å². The van der Waals surface area contributed by atoms with Crippen LogP contribution in [0.2, 0.25) is 0 Å². The van der Waals surface area contributed by atoms with E-state index in [4.69, 9.17) is 9.84 Å². The number of carboxylic acid groups (broad SMARTS) is 1. The van der Waals surface area contributed by atoms with Gasteiger partial charge in [0.05, 0.1) is 6.42 Å². The van der Waals surface area contributed by atoms with E-state index >= 15 is 0 Å². The lowest BCUT2D eigenvalue weighted by Gasteiger charge is -2.18. The summed E-state index contributed by atoms with van der Waals surface area (Å²) in [5, 5.41) is 14.7. The predicted octanol–water partition coefficient (Wildman–Crippen LogP) is 4.17. The van der Waals surface area contributed by atoms with Crippen LogP contribution in [0.4, 0.5) is 4.79 Å². The van der Waals surface area contributed by atoms with Crippen molar-refractivity contribution in [2.45, 2.75) is 38.5 Å². The highest BCUT2D eigenvalue weighted by atomic mass is 16.5. The summed E-state index contributed by atoms with van der Waals surface area (Å²) in [6, 6.07) is 16.4. The van der Waals surface area contributed by atoms with Crippen molar-refractivity contribution in [3.05, 3.63) is 59.7 Å². The van der Waals surface area contributed by atoms with Crippen LogP contribution < -0.4 is 10.6 Å². The van der Waals surface area contributed by atoms with Crippen LogP contribution in [0.5, 0.6) is 0 Å². The standard InChI is InChI=1S/C27H32N2O5/c1-17(26(32)29-15-19(14-25(30)31)18-10-11-18)12-13-28-27(33)34-16-24-22-8-4-2-6-20(22)21-7-3-5-9-23(21)24/h2-9,17-19,24H,10-16H2,1H3,(H,28,33)(H,29,32)(H,30,31). The largest absolute Gasteiger partial charge is 0.481 e. The van der Waals surface area contributed by atoms with E-state index in [1.54, 1.807) is 6.92 Å². The van der Waals surface area contributed by atoms with E-state index in [9.17, 15) is 14.4 Å². The average molecular weight is 465 g/mol. The number of hydrogen-bond donors (Lipinski definition) is 3. The molecule has 0 radical (unpaired) electrons. The fourth-order valence-corrected chi connectivity index (χ4v) is 4.77. The van der Waals surface area contributed by atoms with Crippen molar-refractivity contribution in [1.82, 2.24) is 10.6 Å². The summed E-state index contributed by atoms with van der Waals surface area (Å²) in [7, 11) is 0. The minimum absolute atomic E-state index is 0.00685. The summed E-state index contributed by atoms with van der Waals surface area (Å²) in [4.78, 5) is 35.7. The molecule has 2 amide bonds. The number of rotatable bonds is 11. The molecule has 0 heterocycles. The molecule has 1 fully saturated rings. The minimum atomic E-state index is -0.827. The SMILES string of the molecule is CC(CCNC(=O)OCC1c2ccccc2-c2ccccc21)C(=O)NCC(CC(=O)O)C1CC1. The van der Waals surface area contributed by atoms with Gasteiger partial charge in [-0.05, 0) is 53.4 Å². The molecule has 0 aliphatic heterocycles. The first-order valence-corrected chi connectivity index (χ1v) is 12.0. The zero-order valence-electron chi connectivity index (χ0n) is 19.5. The van der Waals surface area contributed by atoms with E-state index in [2.05, 4.69) is 34.9 Å². The zero-order chi connectivity index (χ0) is 24.1. The number of benzene rings is 2. The summed E-state index contributed by atoms with van der Waals surface area (Å²) in [6.07, 6.45) is 2.14. The number of nitrogens with one attached hydrogen (secondary N) is 2. The zero-order valence-corrected chi connectivity index (χ0v) is 19.5. The number of aliphatic carboxylic acids is 1. The molecule has 4 rings (SSSR count). The molecule has 2 aromatic carbocycles. The van der Waals surface area contributed by atoms with E-state index < -0.39 is 12.1 Å². The summed E-state index contributed by atoms with van der Waals surface area (Å²) in [5.74, 6) is -0.835. The van der Waals surface area contributed by atoms with Gasteiger partial charge in [0, 0.05) is 24.9 Å². The highest BCUT2D eigenvalue weighted by Gasteiger charge is 2.33. The minimum Gasteiger partial charge on any atom is -0.481 e. The Morgan fingerprint density at radius 1 is 1.00 bits per heavy atom. The van der Waals surface area contributed by atoms with E-state index in [0.29, 0.717) is 25.4 Å². The van der Waals surface area contributed by atoms with Crippen molar-refractivity contribution in [3.63, 3.8) is 0 Å². The third-order valence-electron chi connectivity index (χ3n) is 6.90. The molecule has 1 saturated carbocycles. The van der Waals surface area contributed by atoms with Gasteiger partial charge in [-0.2, -0.15) is 0 Å².